The highest BCUT2D eigenvalue weighted by atomic mass is 35.5. The van der Waals surface area contributed by atoms with Crippen LogP contribution in [0.2, 0.25) is 5.02 Å². The molecule has 4 aliphatic rings. The first kappa shape index (κ1) is 20.6. The van der Waals surface area contributed by atoms with E-state index in [9.17, 15) is 4.39 Å². The largest absolute Gasteiger partial charge is 0.368 e. The molecule has 2 heterocycles. The van der Waals surface area contributed by atoms with Gasteiger partial charge in [-0.25, -0.2) is 4.39 Å². The van der Waals surface area contributed by atoms with Crippen molar-refractivity contribution in [1.29, 1.82) is 0 Å². The van der Waals surface area contributed by atoms with Gasteiger partial charge in [-0.05, 0) is 91.5 Å². The molecule has 0 radical (unpaired) electrons. The molecular weight excluding hydrogens is 423 g/mol. The first-order valence-corrected chi connectivity index (χ1v) is 12.4. The van der Waals surface area contributed by atoms with Crippen LogP contribution in [0.3, 0.4) is 0 Å². The number of aromatic nitrogens is 2. The van der Waals surface area contributed by atoms with Gasteiger partial charge < -0.3 is 10.2 Å². The minimum Gasteiger partial charge on any atom is -0.368 e. The Morgan fingerprint density at radius 1 is 1.00 bits per heavy atom. The molecule has 3 aliphatic carbocycles. The third-order valence-electron chi connectivity index (χ3n) is 8.27. The SMILES string of the molecule is Fc1ccc(Cl)c(-c2ccc(NC[C@H]3C[C@@H]4CN(CC5CC6C=CC5C6)C[C@@H]4C3)nn2)c1. The maximum absolute atomic E-state index is 13.5. The van der Waals surface area contributed by atoms with Gasteiger partial charge in [0.1, 0.15) is 11.6 Å². The number of anilines is 1. The van der Waals surface area contributed by atoms with E-state index in [0.29, 0.717) is 22.2 Å². The van der Waals surface area contributed by atoms with Crippen molar-refractivity contribution in [2.45, 2.75) is 25.7 Å². The maximum atomic E-state index is 13.5. The smallest absolute Gasteiger partial charge is 0.148 e. The summed E-state index contributed by atoms with van der Waals surface area (Å²) in [6.45, 7) is 4.85. The first-order chi connectivity index (χ1) is 15.6. The van der Waals surface area contributed by atoms with Gasteiger partial charge >= 0.3 is 0 Å². The van der Waals surface area contributed by atoms with Crippen LogP contribution in [0.15, 0.2) is 42.5 Å². The molecule has 168 valence electrons. The summed E-state index contributed by atoms with van der Waals surface area (Å²) < 4.78 is 13.5. The Morgan fingerprint density at radius 2 is 1.84 bits per heavy atom. The number of hydrogen-bond donors (Lipinski definition) is 1. The Bertz CT molecular complexity index is 995. The van der Waals surface area contributed by atoms with Crippen LogP contribution >= 0.6 is 11.6 Å². The second kappa shape index (κ2) is 8.42. The van der Waals surface area contributed by atoms with Gasteiger partial charge in [0.05, 0.1) is 10.7 Å². The van der Waals surface area contributed by atoms with Crippen molar-refractivity contribution in [3.8, 4) is 11.3 Å². The van der Waals surface area contributed by atoms with E-state index in [1.54, 1.807) is 6.07 Å². The van der Waals surface area contributed by atoms with E-state index in [1.165, 1.54) is 57.5 Å². The summed E-state index contributed by atoms with van der Waals surface area (Å²) in [6, 6.07) is 8.05. The van der Waals surface area contributed by atoms with E-state index in [0.717, 1.165) is 42.0 Å². The lowest BCUT2D eigenvalue weighted by molar-refractivity contribution is 0.234. The van der Waals surface area contributed by atoms with Crippen LogP contribution in [-0.4, -0.2) is 41.3 Å². The zero-order valence-corrected chi connectivity index (χ0v) is 19.0. The molecule has 4 nitrogen and oxygen atoms in total. The number of rotatable bonds is 6. The topological polar surface area (TPSA) is 41.0 Å². The summed E-state index contributed by atoms with van der Waals surface area (Å²) in [5, 5.41) is 12.5. The minimum absolute atomic E-state index is 0.328. The molecule has 32 heavy (non-hydrogen) atoms. The van der Waals surface area contributed by atoms with E-state index >= 15 is 0 Å². The number of benzene rings is 1. The molecular formula is C26H30ClFN4. The second-order valence-electron chi connectivity index (χ2n) is 10.4. The van der Waals surface area contributed by atoms with Crippen molar-refractivity contribution in [1.82, 2.24) is 15.1 Å². The molecule has 0 amide bonds. The predicted octanol–water partition coefficient (Wildman–Crippen LogP) is 5.52. The van der Waals surface area contributed by atoms with Crippen LogP contribution in [0.25, 0.3) is 11.3 Å². The fourth-order valence-electron chi connectivity index (χ4n) is 6.79. The zero-order valence-electron chi connectivity index (χ0n) is 18.3. The lowest BCUT2D eigenvalue weighted by Gasteiger charge is -2.26. The fraction of sp³-hybridized carbons (Fsp3) is 0.538. The van der Waals surface area contributed by atoms with Crippen LogP contribution in [-0.2, 0) is 0 Å². The molecule has 0 spiro atoms. The van der Waals surface area contributed by atoms with E-state index in [2.05, 4.69) is 32.6 Å². The molecule has 3 fully saturated rings. The molecule has 2 aromatic rings. The van der Waals surface area contributed by atoms with Crippen LogP contribution in [0, 0.1) is 41.3 Å². The molecule has 1 N–H and O–H groups in total. The Balaban J connectivity index is 0.986. The summed E-state index contributed by atoms with van der Waals surface area (Å²) in [5.74, 6) is 5.52. The Kier molecular flexibility index (Phi) is 5.42. The lowest BCUT2D eigenvalue weighted by atomic mass is 9.93. The standard InChI is InChI=1S/C26H30ClFN4/c27-24-4-3-22(28)11-23(24)25-5-6-26(31-30-25)29-12-17-9-20-14-32(15-21(20)10-17)13-19-8-16-1-2-18(19)7-16/h1-6,11,16-21H,7-10,12-15H2,(H,29,31)/t16?,17-,18?,19?,20+,21-. The molecule has 6 atom stereocenters. The molecule has 2 saturated carbocycles. The first-order valence-electron chi connectivity index (χ1n) is 12.0. The van der Waals surface area contributed by atoms with Crippen molar-refractivity contribution >= 4 is 17.4 Å². The van der Waals surface area contributed by atoms with Crippen molar-refractivity contribution in [2.24, 2.45) is 35.5 Å². The Hall–Kier alpha value is -1.98. The number of allylic oxidation sites excluding steroid dienone is 2. The third-order valence-corrected chi connectivity index (χ3v) is 8.60. The normalized spacial score (nSPS) is 33.2. The summed E-state index contributed by atoms with van der Waals surface area (Å²) in [5.41, 5.74) is 1.15. The monoisotopic (exact) mass is 452 g/mol. The van der Waals surface area contributed by atoms with Crippen molar-refractivity contribution in [3.63, 3.8) is 0 Å². The van der Waals surface area contributed by atoms with E-state index < -0.39 is 0 Å². The van der Waals surface area contributed by atoms with Gasteiger partial charge in [-0.1, -0.05) is 23.8 Å². The number of fused-ring (bicyclic) bond motifs is 3. The Labute approximate surface area is 194 Å². The van der Waals surface area contributed by atoms with Gasteiger partial charge in [-0.15, -0.1) is 10.2 Å². The molecule has 2 bridgehead atoms. The van der Waals surface area contributed by atoms with Crippen LogP contribution in [0.5, 0.6) is 0 Å². The number of halogens is 2. The summed E-state index contributed by atoms with van der Waals surface area (Å²) in [6.07, 6.45) is 10.4. The van der Waals surface area contributed by atoms with Gasteiger partial charge in [0.2, 0.25) is 0 Å². The number of likely N-dealkylation sites (tertiary alicyclic amines) is 1. The van der Waals surface area contributed by atoms with Crippen molar-refractivity contribution in [3.05, 3.63) is 53.3 Å². The molecule has 1 saturated heterocycles. The number of hydrogen-bond acceptors (Lipinski definition) is 4. The van der Waals surface area contributed by atoms with E-state index in [-0.39, 0.29) is 5.82 Å². The molecule has 3 unspecified atom stereocenters. The van der Waals surface area contributed by atoms with Gasteiger partial charge in [-0.3, -0.25) is 0 Å². The average Bonchev–Trinajstić information content (AvgIpc) is 3.56. The summed E-state index contributed by atoms with van der Waals surface area (Å²) in [4.78, 5) is 2.76. The number of nitrogens with one attached hydrogen (secondary N) is 1. The van der Waals surface area contributed by atoms with Gasteiger partial charge in [0, 0.05) is 31.7 Å². The fourth-order valence-corrected chi connectivity index (χ4v) is 7.00. The molecule has 6 rings (SSSR count). The van der Waals surface area contributed by atoms with Crippen LogP contribution in [0.1, 0.15) is 25.7 Å². The molecule has 1 aromatic heterocycles. The third kappa shape index (κ3) is 4.06. The van der Waals surface area contributed by atoms with Gasteiger partial charge in [0.25, 0.3) is 0 Å². The highest BCUT2D eigenvalue weighted by Gasteiger charge is 2.43. The van der Waals surface area contributed by atoms with E-state index in [4.69, 9.17) is 11.6 Å². The van der Waals surface area contributed by atoms with Crippen LogP contribution < -0.4 is 5.32 Å². The predicted molar refractivity (Wildman–Crippen MR) is 126 cm³/mol. The highest BCUT2D eigenvalue weighted by Crippen LogP contribution is 2.46. The maximum Gasteiger partial charge on any atom is 0.148 e. The quantitative estimate of drug-likeness (QED) is 0.586. The van der Waals surface area contributed by atoms with Crippen LogP contribution in [0.4, 0.5) is 10.2 Å². The van der Waals surface area contributed by atoms with Crippen molar-refractivity contribution < 1.29 is 4.39 Å². The number of nitrogens with zero attached hydrogens (tertiary/aromatic N) is 3. The Morgan fingerprint density at radius 3 is 2.53 bits per heavy atom. The molecule has 6 heteroatoms. The van der Waals surface area contributed by atoms with Gasteiger partial charge in [0.15, 0.2) is 0 Å². The highest BCUT2D eigenvalue weighted by molar-refractivity contribution is 6.33. The second-order valence-corrected chi connectivity index (χ2v) is 10.8. The lowest BCUT2D eigenvalue weighted by Crippen LogP contribution is -2.30. The zero-order chi connectivity index (χ0) is 21.7. The summed E-state index contributed by atoms with van der Waals surface area (Å²) in [7, 11) is 0. The van der Waals surface area contributed by atoms with Gasteiger partial charge in [-0.2, -0.15) is 0 Å². The van der Waals surface area contributed by atoms with E-state index in [1.807, 2.05) is 12.1 Å². The minimum atomic E-state index is -0.328. The molecule has 1 aliphatic heterocycles. The molecule has 1 aromatic carbocycles. The van der Waals surface area contributed by atoms with Crippen molar-refractivity contribution in [2.75, 3.05) is 31.5 Å². The average molecular weight is 453 g/mol. The summed E-state index contributed by atoms with van der Waals surface area (Å²) >= 11 is 6.18.